The van der Waals surface area contributed by atoms with Crippen molar-refractivity contribution >= 4 is 0 Å². The van der Waals surface area contributed by atoms with Gasteiger partial charge in [0, 0.05) is 12.3 Å². The summed E-state index contributed by atoms with van der Waals surface area (Å²) in [7, 11) is 0. The van der Waals surface area contributed by atoms with Crippen LogP contribution >= 0.6 is 0 Å². The molecule has 0 unspecified atom stereocenters. The second-order valence-corrected chi connectivity index (χ2v) is 5.43. The number of benzene rings is 1. The molecule has 1 nitrogen and oxygen atoms in total. The molecule has 1 aromatic carbocycles. The molecule has 2 heteroatoms. The van der Waals surface area contributed by atoms with Crippen molar-refractivity contribution in [2.75, 3.05) is 0 Å². The summed E-state index contributed by atoms with van der Waals surface area (Å²) < 4.78 is 2.65. The van der Waals surface area contributed by atoms with Crippen LogP contribution in [0.25, 0.3) is 0 Å². The van der Waals surface area contributed by atoms with Gasteiger partial charge in [0.2, 0.25) is 0 Å². The van der Waals surface area contributed by atoms with Gasteiger partial charge in [-0.3, -0.25) is 0 Å². The van der Waals surface area contributed by atoms with E-state index in [-0.39, 0.29) is 21.2 Å². The molecule has 0 saturated heterocycles. The monoisotopic (exact) mass is 282 g/mol. The Bertz CT molecular complexity index is 321. The quantitative estimate of drug-likeness (QED) is 0.520. The minimum Gasteiger partial charge on any atom is -0.212 e. The summed E-state index contributed by atoms with van der Waals surface area (Å²) in [6.45, 7) is 0. The van der Waals surface area contributed by atoms with E-state index >= 15 is 0 Å². The number of hydrogen-bond donors (Lipinski definition) is 0. The molecule has 2 aromatic rings. The first-order valence-corrected chi connectivity index (χ1v) is 6.22. The lowest BCUT2D eigenvalue weighted by Gasteiger charge is -1.83. The van der Waals surface area contributed by atoms with E-state index in [9.17, 15) is 0 Å². The molecule has 0 aliphatic heterocycles. The van der Waals surface area contributed by atoms with E-state index in [0.717, 1.165) is 0 Å². The Balaban J connectivity index is 2.16. The van der Waals surface area contributed by atoms with Gasteiger partial charge in [0.15, 0.2) is 3.57 Å². The van der Waals surface area contributed by atoms with Gasteiger partial charge in [0.05, 0.1) is 0 Å². The fraction of sp³-hybridized carbons (Fsp3) is 0. The minimum atomic E-state index is -0.0824. The third-order valence-electron chi connectivity index (χ3n) is 1.57. The molecular weight excluding hydrogens is 273 g/mol. The average Bonchev–Trinajstić information content (AvgIpc) is 2.21. The maximum Gasteiger partial charge on any atom is 0.379 e. The minimum absolute atomic E-state index is 0.0824. The molecule has 0 amide bonds. The van der Waals surface area contributed by atoms with Crippen LogP contribution in [0.15, 0.2) is 54.7 Å². The summed E-state index contributed by atoms with van der Waals surface area (Å²) >= 11 is -0.0824. The highest BCUT2D eigenvalue weighted by Gasteiger charge is 2.14. The third kappa shape index (κ3) is 2.52. The lowest BCUT2D eigenvalue weighted by molar-refractivity contribution is -0.603. The van der Waals surface area contributed by atoms with Crippen molar-refractivity contribution in [3.63, 3.8) is 0 Å². The Morgan fingerprint density at radius 1 is 0.846 bits per heavy atom. The van der Waals surface area contributed by atoms with E-state index < -0.39 is 0 Å². The van der Waals surface area contributed by atoms with Crippen LogP contribution in [0.5, 0.6) is 0 Å². The fourth-order valence-electron chi connectivity index (χ4n) is 0.987. The van der Waals surface area contributed by atoms with E-state index in [0.29, 0.717) is 0 Å². The summed E-state index contributed by atoms with van der Waals surface area (Å²) in [6, 6.07) is 16.6. The Kier molecular flexibility index (Phi) is 2.92. The predicted octanol–water partition coefficient (Wildman–Crippen LogP) is -0.790. The lowest BCUT2D eigenvalue weighted by atomic mass is 10.4. The lowest BCUT2D eigenvalue weighted by Crippen LogP contribution is -3.62. The number of hydrogen-bond acceptors (Lipinski definition) is 1. The highest BCUT2D eigenvalue weighted by atomic mass is 127. The first kappa shape index (κ1) is 8.69. The van der Waals surface area contributed by atoms with Crippen molar-refractivity contribution in [1.82, 2.24) is 4.98 Å². The zero-order valence-electron chi connectivity index (χ0n) is 7.02. The molecule has 0 fully saturated rings. The number of rotatable bonds is 2. The molecule has 13 heavy (non-hydrogen) atoms. The van der Waals surface area contributed by atoms with Gasteiger partial charge in [-0.25, -0.2) is 4.98 Å². The molecule has 0 radical (unpaired) electrons. The van der Waals surface area contributed by atoms with Crippen LogP contribution in [-0.2, 0) is 0 Å². The van der Waals surface area contributed by atoms with Gasteiger partial charge in [0.1, 0.15) is 0 Å². The van der Waals surface area contributed by atoms with Gasteiger partial charge >= 0.3 is 21.2 Å². The average molecular weight is 282 g/mol. The van der Waals surface area contributed by atoms with Crippen molar-refractivity contribution in [3.8, 4) is 0 Å². The van der Waals surface area contributed by atoms with E-state index in [4.69, 9.17) is 0 Å². The molecule has 0 bridgehead atoms. The zero-order valence-corrected chi connectivity index (χ0v) is 9.18. The van der Waals surface area contributed by atoms with Gasteiger partial charge in [0.25, 0.3) is 3.70 Å². The molecule has 0 N–H and O–H groups in total. The van der Waals surface area contributed by atoms with Crippen LogP contribution in [0.2, 0.25) is 0 Å². The second kappa shape index (κ2) is 4.37. The SMILES string of the molecule is c1ccc([I+]c2ccccn2)cc1. The largest absolute Gasteiger partial charge is 0.379 e. The Morgan fingerprint density at radius 3 is 2.31 bits per heavy atom. The van der Waals surface area contributed by atoms with Gasteiger partial charge in [-0.15, -0.1) is 0 Å². The molecule has 1 heterocycles. The first-order valence-electron chi connectivity index (χ1n) is 4.06. The van der Waals surface area contributed by atoms with Crippen LogP contribution < -0.4 is 21.2 Å². The molecule has 0 saturated carbocycles. The Hall–Kier alpha value is -0.900. The number of pyridine rings is 1. The molecule has 1 aromatic heterocycles. The topological polar surface area (TPSA) is 12.9 Å². The fourth-order valence-corrected chi connectivity index (χ4v) is 3.09. The van der Waals surface area contributed by atoms with E-state index in [1.807, 2.05) is 24.4 Å². The second-order valence-electron chi connectivity index (χ2n) is 2.54. The van der Waals surface area contributed by atoms with Crippen LogP contribution in [0.3, 0.4) is 0 Å². The number of halogens is 1. The van der Waals surface area contributed by atoms with Crippen molar-refractivity contribution in [2.24, 2.45) is 0 Å². The summed E-state index contributed by atoms with van der Waals surface area (Å²) in [5.41, 5.74) is 0. The van der Waals surface area contributed by atoms with E-state index in [2.05, 4.69) is 35.3 Å². The predicted molar refractivity (Wildman–Crippen MR) is 48.1 cm³/mol. The highest BCUT2D eigenvalue weighted by molar-refractivity contribution is 4.99. The van der Waals surface area contributed by atoms with Crippen LogP contribution in [0, 0.1) is 7.27 Å². The van der Waals surface area contributed by atoms with Crippen molar-refractivity contribution in [3.05, 3.63) is 62.0 Å². The number of aromatic nitrogens is 1. The van der Waals surface area contributed by atoms with Gasteiger partial charge in [-0.1, -0.05) is 24.3 Å². The van der Waals surface area contributed by atoms with Crippen LogP contribution in [0.1, 0.15) is 0 Å². The van der Waals surface area contributed by atoms with Gasteiger partial charge < -0.3 is 0 Å². The van der Waals surface area contributed by atoms with Gasteiger partial charge in [-0.2, -0.15) is 0 Å². The summed E-state index contributed by atoms with van der Waals surface area (Å²) in [4.78, 5) is 4.32. The maximum absolute atomic E-state index is 4.32. The van der Waals surface area contributed by atoms with E-state index in [1.165, 1.54) is 7.27 Å². The highest BCUT2D eigenvalue weighted by Crippen LogP contribution is 1.83. The molecule has 64 valence electrons. The summed E-state index contributed by atoms with van der Waals surface area (Å²) in [6.07, 6.45) is 1.86. The molecule has 0 aliphatic carbocycles. The smallest absolute Gasteiger partial charge is 0.212 e. The third-order valence-corrected chi connectivity index (χ3v) is 4.10. The summed E-state index contributed by atoms with van der Waals surface area (Å²) in [5.74, 6) is 0. The molecule has 0 aliphatic rings. The Morgan fingerprint density at radius 2 is 1.62 bits per heavy atom. The number of nitrogens with zero attached hydrogens (tertiary/aromatic N) is 1. The van der Waals surface area contributed by atoms with Crippen molar-refractivity contribution in [1.29, 1.82) is 0 Å². The maximum atomic E-state index is 4.32. The first-order chi connectivity index (χ1) is 6.45. The van der Waals surface area contributed by atoms with Crippen LogP contribution in [-0.4, -0.2) is 4.98 Å². The summed E-state index contributed by atoms with van der Waals surface area (Å²) in [5, 5.41) is 0. The molecular formula is C11H9IN+. The zero-order chi connectivity index (χ0) is 8.93. The molecule has 2 rings (SSSR count). The Labute approximate surface area is 88.1 Å². The van der Waals surface area contributed by atoms with Crippen molar-refractivity contribution in [2.45, 2.75) is 0 Å². The van der Waals surface area contributed by atoms with Crippen molar-refractivity contribution < 1.29 is 21.2 Å². The van der Waals surface area contributed by atoms with Gasteiger partial charge in [-0.05, 0) is 18.2 Å². The van der Waals surface area contributed by atoms with Crippen LogP contribution in [0.4, 0.5) is 0 Å². The molecule has 0 spiro atoms. The molecule has 0 atom stereocenters. The van der Waals surface area contributed by atoms with E-state index in [1.54, 1.807) is 0 Å². The standard InChI is InChI=1S/C11H9IN/c1-2-6-10(7-3-1)12-11-8-4-5-9-13-11/h1-9H/q+1. The normalized spacial score (nSPS) is 9.85.